The lowest BCUT2D eigenvalue weighted by Gasteiger charge is -2.30. The van der Waals surface area contributed by atoms with E-state index in [4.69, 9.17) is 4.98 Å². The van der Waals surface area contributed by atoms with Crippen molar-refractivity contribution in [3.8, 4) is 0 Å². The number of carbonyl (C=O) groups is 1. The third-order valence-electron chi connectivity index (χ3n) is 5.53. The van der Waals surface area contributed by atoms with E-state index in [-0.39, 0.29) is 11.3 Å². The van der Waals surface area contributed by atoms with Crippen LogP contribution in [0.25, 0.3) is 11.0 Å². The molecule has 1 aliphatic heterocycles. The Morgan fingerprint density at radius 3 is 2.71 bits per heavy atom. The molecular formula is C19H19N3OS. The second-order valence-corrected chi connectivity index (χ2v) is 7.72. The van der Waals surface area contributed by atoms with Gasteiger partial charge < -0.3 is 4.57 Å². The molecule has 4 nitrogen and oxygen atoms in total. The summed E-state index contributed by atoms with van der Waals surface area (Å²) in [6.45, 7) is 1.57. The number of para-hydroxylation sites is 2. The van der Waals surface area contributed by atoms with Crippen molar-refractivity contribution in [2.24, 2.45) is 0 Å². The van der Waals surface area contributed by atoms with Gasteiger partial charge >= 0.3 is 0 Å². The van der Waals surface area contributed by atoms with E-state index in [9.17, 15) is 4.79 Å². The number of carbonyl (C=O) groups excluding carboxylic acids is 1. The summed E-state index contributed by atoms with van der Waals surface area (Å²) >= 11 is 1.72. The molecule has 2 aromatic heterocycles. The number of thiophene rings is 1. The van der Waals surface area contributed by atoms with E-state index < -0.39 is 0 Å². The zero-order valence-electron chi connectivity index (χ0n) is 13.4. The van der Waals surface area contributed by atoms with Crippen LogP contribution in [0.2, 0.25) is 0 Å². The fourth-order valence-electron chi connectivity index (χ4n) is 4.34. The van der Waals surface area contributed by atoms with E-state index in [1.54, 1.807) is 11.3 Å². The second-order valence-electron chi connectivity index (χ2n) is 6.78. The van der Waals surface area contributed by atoms with Gasteiger partial charge in [-0.15, -0.1) is 11.3 Å². The van der Waals surface area contributed by atoms with Gasteiger partial charge in [0.25, 0.3) is 0 Å². The van der Waals surface area contributed by atoms with Crippen LogP contribution in [-0.4, -0.2) is 22.0 Å². The highest BCUT2D eigenvalue weighted by Crippen LogP contribution is 2.45. The lowest BCUT2D eigenvalue weighted by atomic mass is 9.83. The molecule has 0 saturated heterocycles. The number of nitrogens with zero attached hydrogens (tertiary/aromatic N) is 3. The standard InChI is InChI=1S/C19H19N3OS/c23-17(19(9-3-4-10-19)16-8-5-13-24-16)22-12-11-21-15-7-2-1-6-14(15)20-18(21)22/h1-2,5-8,13H,3-4,9-12H2. The molecule has 0 radical (unpaired) electrons. The summed E-state index contributed by atoms with van der Waals surface area (Å²) in [6, 6.07) is 12.3. The predicted molar refractivity (Wildman–Crippen MR) is 96.6 cm³/mol. The quantitative estimate of drug-likeness (QED) is 0.710. The average molecular weight is 337 g/mol. The molecule has 0 unspecified atom stereocenters. The lowest BCUT2D eigenvalue weighted by molar-refractivity contribution is -0.123. The summed E-state index contributed by atoms with van der Waals surface area (Å²) in [5.74, 6) is 1.07. The number of anilines is 1. The zero-order chi connectivity index (χ0) is 16.1. The smallest absolute Gasteiger partial charge is 0.240 e. The fourth-order valence-corrected chi connectivity index (χ4v) is 5.31. The number of fused-ring (bicyclic) bond motifs is 3. The number of aromatic nitrogens is 2. The predicted octanol–water partition coefficient (Wildman–Crippen LogP) is 3.96. The highest BCUT2D eigenvalue weighted by molar-refractivity contribution is 7.10. The Balaban J connectivity index is 1.59. The Labute approximate surface area is 144 Å². The summed E-state index contributed by atoms with van der Waals surface area (Å²) in [5.41, 5.74) is 1.77. The van der Waals surface area contributed by atoms with Gasteiger partial charge in [0.1, 0.15) is 0 Å². The van der Waals surface area contributed by atoms with Crippen molar-refractivity contribution in [3.63, 3.8) is 0 Å². The third kappa shape index (κ3) is 1.85. The molecular weight excluding hydrogens is 318 g/mol. The van der Waals surface area contributed by atoms with Crippen LogP contribution < -0.4 is 4.90 Å². The van der Waals surface area contributed by atoms with Crippen LogP contribution in [0.4, 0.5) is 5.95 Å². The summed E-state index contributed by atoms with van der Waals surface area (Å²) in [6.07, 6.45) is 4.19. The summed E-state index contributed by atoms with van der Waals surface area (Å²) < 4.78 is 2.18. The van der Waals surface area contributed by atoms with Gasteiger partial charge in [0.05, 0.1) is 16.4 Å². The lowest BCUT2D eigenvalue weighted by Crippen LogP contribution is -2.44. The largest absolute Gasteiger partial charge is 0.308 e. The molecule has 0 atom stereocenters. The Kier molecular flexibility index (Phi) is 3.07. The van der Waals surface area contributed by atoms with Crippen molar-refractivity contribution < 1.29 is 4.79 Å². The third-order valence-corrected chi connectivity index (χ3v) is 6.60. The minimum atomic E-state index is -0.332. The molecule has 1 aromatic carbocycles. The second kappa shape index (κ2) is 5.18. The molecule has 2 aliphatic rings. The van der Waals surface area contributed by atoms with Crippen LogP contribution >= 0.6 is 11.3 Å². The number of hydrogen-bond acceptors (Lipinski definition) is 3. The number of imidazole rings is 1. The molecule has 1 saturated carbocycles. The van der Waals surface area contributed by atoms with E-state index in [2.05, 4.69) is 28.1 Å². The molecule has 122 valence electrons. The number of rotatable bonds is 2. The van der Waals surface area contributed by atoms with E-state index in [1.807, 2.05) is 23.1 Å². The van der Waals surface area contributed by atoms with E-state index >= 15 is 0 Å². The van der Waals surface area contributed by atoms with Gasteiger partial charge in [-0.05, 0) is 36.4 Å². The van der Waals surface area contributed by atoms with Crippen molar-refractivity contribution >= 4 is 34.2 Å². The van der Waals surface area contributed by atoms with Gasteiger partial charge in [0.15, 0.2) is 0 Å². The molecule has 3 aromatic rings. The highest BCUT2D eigenvalue weighted by Gasteiger charge is 2.47. The first-order valence-electron chi connectivity index (χ1n) is 8.61. The Bertz CT molecular complexity index is 906. The van der Waals surface area contributed by atoms with Gasteiger partial charge in [-0.25, -0.2) is 4.98 Å². The van der Waals surface area contributed by atoms with Crippen molar-refractivity contribution in [3.05, 3.63) is 46.7 Å². The molecule has 1 amide bonds. The molecule has 5 heteroatoms. The molecule has 0 N–H and O–H groups in total. The maximum absolute atomic E-state index is 13.6. The minimum Gasteiger partial charge on any atom is -0.308 e. The first-order valence-corrected chi connectivity index (χ1v) is 9.49. The molecule has 5 rings (SSSR count). The highest BCUT2D eigenvalue weighted by atomic mass is 32.1. The van der Waals surface area contributed by atoms with Crippen molar-refractivity contribution in [1.82, 2.24) is 9.55 Å². The van der Waals surface area contributed by atoms with Crippen LogP contribution in [0.15, 0.2) is 41.8 Å². The van der Waals surface area contributed by atoms with Crippen LogP contribution in [-0.2, 0) is 16.8 Å². The molecule has 1 aliphatic carbocycles. The molecule has 24 heavy (non-hydrogen) atoms. The monoisotopic (exact) mass is 337 g/mol. The number of hydrogen-bond donors (Lipinski definition) is 0. The van der Waals surface area contributed by atoms with Crippen LogP contribution in [0, 0.1) is 0 Å². The van der Waals surface area contributed by atoms with Crippen molar-refractivity contribution in [1.29, 1.82) is 0 Å². The topological polar surface area (TPSA) is 38.1 Å². The Morgan fingerprint density at radius 1 is 1.08 bits per heavy atom. The molecule has 0 spiro atoms. The number of benzene rings is 1. The summed E-state index contributed by atoms with van der Waals surface area (Å²) in [4.78, 5) is 21.5. The van der Waals surface area contributed by atoms with E-state index in [1.165, 1.54) is 4.88 Å². The van der Waals surface area contributed by atoms with Crippen LogP contribution in [0.3, 0.4) is 0 Å². The minimum absolute atomic E-state index is 0.247. The van der Waals surface area contributed by atoms with Crippen molar-refractivity contribution in [2.45, 2.75) is 37.6 Å². The summed E-state index contributed by atoms with van der Waals surface area (Å²) in [5, 5.41) is 2.09. The first kappa shape index (κ1) is 14.2. The zero-order valence-corrected chi connectivity index (χ0v) is 14.3. The first-order chi connectivity index (χ1) is 11.8. The molecule has 0 bridgehead atoms. The number of amides is 1. The SMILES string of the molecule is O=C(N1CCn2c1nc1ccccc12)C1(c2cccs2)CCCC1. The van der Waals surface area contributed by atoms with Crippen LogP contribution in [0.1, 0.15) is 30.6 Å². The van der Waals surface area contributed by atoms with Crippen LogP contribution in [0.5, 0.6) is 0 Å². The molecule has 1 fully saturated rings. The summed E-state index contributed by atoms with van der Waals surface area (Å²) in [7, 11) is 0. The van der Waals surface area contributed by atoms with E-state index in [0.29, 0.717) is 0 Å². The average Bonchev–Trinajstić information content (AvgIpc) is 3.36. The fraction of sp³-hybridized carbons (Fsp3) is 0.368. The van der Waals surface area contributed by atoms with Gasteiger partial charge in [-0.3, -0.25) is 9.69 Å². The Hall–Kier alpha value is -2.14. The van der Waals surface area contributed by atoms with Gasteiger partial charge in [0, 0.05) is 18.0 Å². The molecule has 3 heterocycles. The van der Waals surface area contributed by atoms with Gasteiger partial charge in [-0.2, -0.15) is 0 Å². The van der Waals surface area contributed by atoms with Gasteiger partial charge in [0.2, 0.25) is 11.9 Å². The maximum atomic E-state index is 13.6. The van der Waals surface area contributed by atoms with E-state index in [0.717, 1.165) is 55.8 Å². The maximum Gasteiger partial charge on any atom is 0.240 e. The normalized spacial score (nSPS) is 19.1. The van der Waals surface area contributed by atoms with Crippen molar-refractivity contribution in [2.75, 3.05) is 11.4 Å². The van der Waals surface area contributed by atoms with Gasteiger partial charge in [-0.1, -0.05) is 31.0 Å². The Morgan fingerprint density at radius 2 is 1.92 bits per heavy atom.